The van der Waals surface area contributed by atoms with Crippen molar-refractivity contribution in [3.63, 3.8) is 0 Å². The number of amides is 1. The molecule has 2 aliphatic rings. The summed E-state index contributed by atoms with van der Waals surface area (Å²) < 4.78 is 5.67. The average Bonchev–Trinajstić information content (AvgIpc) is 2.42. The predicted octanol–water partition coefficient (Wildman–Crippen LogP) is 2.26. The van der Waals surface area contributed by atoms with Gasteiger partial charge in [0.05, 0.1) is 6.10 Å². The van der Waals surface area contributed by atoms with E-state index < -0.39 is 0 Å². The minimum Gasteiger partial charge on any atom is -0.378 e. The van der Waals surface area contributed by atoms with Crippen molar-refractivity contribution in [3.05, 3.63) is 0 Å². The van der Waals surface area contributed by atoms with E-state index in [1.165, 1.54) is 12.8 Å². The van der Waals surface area contributed by atoms with Crippen LogP contribution in [0.25, 0.3) is 0 Å². The first kappa shape index (κ1) is 17.7. The molecular weight excluding hydrogens is 276 g/mol. The lowest BCUT2D eigenvalue weighted by Gasteiger charge is -2.36. The Morgan fingerprint density at radius 1 is 1.30 bits per heavy atom. The van der Waals surface area contributed by atoms with E-state index in [0.29, 0.717) is 24.5 Å². The van der Waals surface area contributed by atoms with Crippen molar-refractivity contribution >= 4 is 18.3 Å². The minimum atomic E-state index is 0. The lowest BCUT2D eigenvalue weighted by Crippen LogP contribution is -2.55. The van der Waals surface area contributed by atoms with E-state index in [-0.39, 0.29) is 24.4 Å². The maximum atomic E-state index is 12.1. The average molecular weight is 305 g/mol. The second-order valence-corrected chi connectivity index (χ2v) is 6.13. The summed E-state index contributed by atoms with van der Waals surface area (Å²) in [4.78, 5) is 12.1. The number of piperidine rings is 1. The van der Waals surface area contributed by atoms with Gasteiger partial charge in [-0.1, -0.05) is 6.92 Å². The molecule has 0 aromatic rings. The van der Waals surface area contributed by atoms with Crippen LogP contribution < -0.4 is 10.6 Å². The standard InChI is InChI=1S/C15H28N2O2.ClH/c1-11-8-9-16-12(2)15(11)17-14(18)7-6-13-5-3-4-10-19-13;/h11-13,15-16H,3-10H2,1-2H3,(H,17,18);1H. The molecule has 2 rings (SSSR count). The Hall–Kier alpha value is -0.320. The molecule has 118 valence electrons. The second kappa shape index (κ2) is 8.85. The normalized spacial score (nSPS) is 34.1. The summed E-state index contributed by atoms with van der Waals surface area (Å²) in [5.74, 6) is 0.743. The topological polar surface area (TPSA) is 50.4 Å². The quantitative estimate of drug-likeness (QED) is 0.837. The zero-order chi connectivity index (χ0) is 13.7. The van der Waals surface area contributed by atoms with E-state index in [9.17, 15) is 4.79 Å². The molecule has 0 spiro atoms. The zero-order valence-electron chi connectivity index (χ0n) is 12.7. The number of ether oxygens (including phenoxy) is 1. The number of carbonyl (C=O) groups is 1. The van der Waals surface area contributed by atoms with Crippen LogP contribution in [0.1, 0.15) is 52.4 Å². The second-order valence-electron chi connectivity index (χ2n) is 6.13. The van der Waals surface area contributed by atoms with E-state index in [2.05, 4.69) is 24.5 Å². The van der Waals surface area contributed by atoms with Crippen LogP contribution in [-0.2, 0) is 9.53 Å². The molecule has 0 aromatic carbocycles. The summed E-state index contributed by atoms with van der Waals surface area (Å²) in [6.45, 7) is 6.31. The van der Waals surface area contributed by atoms with Crippen LogP contribution in [0.5, 0.6) is 0 Å². The van der Waals surface area contributed by atoms with Crippen molar-refractivity contribution in [2.45, 2.75) is 70.6 Å². The third kappa shape index (κ3) is 5.23. The van der Waals surface area contributed by atoms with Gasteiger partial charge in [0, 0.05) is 25.1 Å². The van der Waals surface area contributed by atoms with Crippen molar-refractivity contribution in [1.82, 2.24) is 10.6 Å². The molecule has 0 aliphatic carbocycles. The number of rotatable bonds is 4. The summed E-state index contributed by atoms with van der Waals surface area (Å²) in [6, 6.07) is 0.646. The monoisotopic (exact) mass is 304 g/mol. The molecule has 0 radical (unpaired) electrons. The molecule has 0 aromatic heterocycles. The zero-order valence-corrected chi connectivity index (χ0v) is 13.5. The van der Waals surface area contributed by atoms with Gasteiger partial charge >= 0.3 is 0 Å². The van der Waals surface area contributed by atoms with Crippen LogP contribution in [0.3, 0.4) is 0 Å². The van der Waals surface area contributed by atoms with Gasteiger partial charge in [0.15, 0.2) is 0 Å². The van der Waals surface area contributed by atoms with Gasteiger partial charge < -0.3 is 15.4 Å². The van der Waals surface area contributed by atoms with Crippen molar-refractivity contribution in [2.24, 2.45) is 5.92 Å². The molecule has 2 N–H and O–H groups in total. The van der Waals surface area contributed by atoms with Gasteiger partial charge in [-0.2, -0.15) is 0 Å². The number of hydrogen-bond donors (Lipinski definition) is 2. The highest BCUT2D eigenvalue weighted by molar-refractivity contribution is 5.85. The maximum absolute atomic E-state index is 12.1. The van der Waals surface area contributed by atoms with Gasteiger partial charge in [-0.25, -0.2) is 0 Å². The fourth-order valence-electron chi connectivity index (χ4n) is 3.19. The van der Waals surface area contributed by atoms with Gasteiger partial charge in [0.25, 0.3) is 0 Å². The van der Waals surface area contributed by atoms with E-state index in [1.54, 1.807) is 0 Å². The van der Waals surface area contributed by atoms with Gasteiger partial charge in [-0.05, 0) is 51.5 Å². The molecule has 1 amide bonds. The molecule has 20 heavy (non-hydrogen) atoms. The largest absolute Gasteiger partial charge is 0.378 e. The Labute approximate surface area is 128 Å². The number of halogens is 1. The smallest absolute Gasteiger partial charge is 0.220 e. The highest BCUT2D eigenvalue weighted by Crippen LogP contribution is 2.18. The Morgan fingerprint density at radius 2 is 2.10 bits per heavy atom. The third-order valence-corrected chi connectivity index (χ3v) is 4.51. The molecule has 0 saturated carbocycles. The molecule has 2 saturated heterocycles. The van der Waals surface area contributed by atoms with Crippen molar-refractivity contribution in [1.29, 1.82) is 0 Å². The summed E-state index contributed by atoms with van der Waals surface area (Å²) in [7, 11) is 0. The molecule has 0 bridgehead atoms. The van der Waals surface area contributed by atoms with Gasteiger partial charge in [0.2, 0.25) is 5.91 Å². The minimum absolute atomic E-state index is 0. The highest BCUT2D eigenvalue weighted by atomic mass is 35.5. The highest BCUT2D eigenvalue weighted by Gasteiger charge is 2.28. The fraction of sp³-hybridized carbons (Fsp3) is 0.933. The van der Waals surface area contributed by atoms with E-state index in [0.717, 1.165) is 32.4 Å². The van der Waals surface area contributed by atoms with Crippen LogP contribution in [0.15, 0.2) is 0 Å². The summed E-state index contributed by atoms with van der Waals surface area (Å²) in [5, 5.41) is 6.63. The van der Waals surface area contributed by atoms with Crippen molar-refractivity contribution < 1.29 is 9.53 Å². The van der Waals surface area contributed by atoms with Crippen LogP contribution in [0.4, 0.5) is 0 Å². The molecular formula is C15H29ClN2O2. The Kier molecular flexibility index (Phi) is 7.85. The summed E-state index contributed by atoms with van der Waals surface area (Å²) in [5.41, 5.74) is 0. The first-order chi connectivity index (χ1) is 9.16. The molecule has 5 heteroatoms. The molecule has 4 nitrogen and oxygen atoms in total. The lowest BCUT2D eigenvalue weighted by molar-refractivity contribution is -0.123. The van der Waals surface area contributed by atoms with Crippen LogP contribution in [0.2, 0.25) is 0 Å². The summed E-state index contributed by atoms with van der Waals surface area (Å²) >= 11 is 0. The first-order valence-corrected chi connectivity index (χ1v) is 7.81. The Morgan fingerprint density at radius 3 is 2.75 bits per heavy atom. The van der Waals surface area contributed by atoms with E-state index >= 15 is 0 Å². The number of hydrogen-bond acceptors (Lipinski definition) is 3. The Balaban J connectivity index is 0.00000200. The number of nitrogens with one attached hydrogen (secondary N) is 2. The van der Waals surface area contributed by atoms with Crippen LogP contribution in [0, 0.1) is 5.92 Å². The maximum Gasteiger partial charge on any atom is 0.220 e. The first-order valence-electron chi connectivity index (χ1n) is 7.81. The molecule has 2 aliphatic heterocycles. The third-order valence-electron chi connectivity index (χ3n) is 4.51. The summed E-state index contributed by atoms with van der Waals surface area (Å²) in [6.07, 6.45) is 6.44. The number of carbonyl (C=O) groups excluding carboxylic acids is 1. The van der Waals surface area contributed by atoms with E-state index in [4.69, 9.17) is 4.74 Å². The van der Waals surface area contributed by atoms with Gasteiger partial charge in [0.1, 0.15) is 0 Å². The SMILES string of the molecule is CC1CCNC(C)C1NC(=O)CCC1CCCCO1.Cl. The van der Waals surface area contributed by atoms with E-state index in [1.807, 2.05) is 0 Å². The van der Waals surface area contributed by atoms with Crippen molar-refractivity contribution in [3.8, 4) is 0 Å². The predicted molar refractivity (Wildman–Crippen MR) is 83.2 cm³/mol. The lowest BCUT2D eigenvalue weighted by atomic mass is 9.89. The Bertz CT molecular complexity index is 286. The fourth-order valence-corrected chi connectivity index (χ4v) is 3.19. The van der Waals surface area contributed by atoms with Gasteiger partial charge in [-0.3, -0.25) is 4.79 Å². The molecule has 4 atom stereocenters. The van der Waals surface area contributed by atoms with Crippen LogP contribution >= 0.6 is 12.4 Å². The molecule has 2 heterocycles. The van der Waals surface area contributed by atoms with Crippen LogP contribution in [-0.4, -0.2) is 37.2 Å². The van der Waals surface area contributed by atoms with Crippen molar-refractivity contribution in [2.75, 3.05) is 13.2 Å². The van der Waals surface area contributed by atoms with Gasteiger partial charge in [-0.15, -0.1) is 12.4 Å². The molecule has 2 fully saturated rings. The molecule has 4 unspecified atom stereocenters.